The topological polar surface area (TPSA) is 75.2 Å². The number of benzene rings is 2. The third kappa shape index (κ3) is 5.47. The number of aromatic nitrogens is 2. The first-order valence-electron chi connectivity index (χ1n) is 10.3. The molecule has 6 nitrogen and oxygen atoms in total. The van der Waals surface area contributed by atoms with Gasteiger partial charge in [0.1, 0.15) is 0 Å². The Labute approximate surface area is 186 Å². The summed E-state index contributed by atoms with van der Waals surface area (Å²) in [6.45, 7) is 1.13. The molecular weight excluding hydrogens is 412 g/mol. The number of nitrogens with zero attached hydrogens (tertiary/aromatic N) is 3. The molecule has 7 heteroatoms. The molecule has 0 unspecified atom stereocenters. The van der Waals surface area contributed by atoms with Gasteiger partial charge in [0.05, 0.1) is 5.69 Å². The second-order valence-corrected chi connectivity index (χ2v) is 7.97. The maximum atomic E-state index is 12.6. The van der Waals surface area contributed by atoms with Crippen LogP contribution < -0.4 is 5.32 Å². The van der Waals surface area contributed by atoms with Crippen LogP contribution in [0.5, 0.6) is 0 Å². The fraction of sp³-hybridized carbons (Fsp3) is 0.250. The lowest BCUT2D eigenvalue weighted by Crippen LogP contribution is -2.36. The van der Waals surface area contributed by atoms with Crippen molar-refractivity contribution in [2.24, 2.45) is 0 Å². The summed E-state index contributed by atoms with van der Waals surface area (Å²) in [6.07, 6.45) is 4.60. The van der Waals surface area contributed by atoms with Gasteiger partial charge in [-0.25, -0.2) is 9.97 Å². The minimum Gasteiger partial charge on any atom is -0.338 e. The molecule has 2 aromatic carbocycles. The SMILES string of the molecule is O=C(Nc1ncc2c(n1)CCN(C(=O)CCCc1ccccc1)C2)c1ccc(Cl)cc1. The number of nitrogens with one attached hydrogen (secondary N) is 1. The van der Waals surface area contributed by atoms with Crippen LogP contribution in [-0.2, 0) is 24.2 Å². The minimum absolute atomic E-state index is 0.154. The van der Waals surface area contributed by atoms with Crippen molar-refractivity contribution in [3.8, 4) is 0 Å². The van der Waals surface area contributed by atoms with Gasteiger partial charge in [-0.1, -0.05) is 41.9 Å². The number of carbonyl (C=O) groups is 2. The Morgan fingerprint density at radius 1 is 1.06 bits per heavy atom. The molecule has 0 saturated carbocycles. The minimum atomic E-state index is -0.289. The lowest BCUT2D eigenvalue weighted by molar-refractivity contribution is -0.132. The van der Waals surface area contributed by atoms with Crippen LogP contribution in [0.3, 0.4) is 0 Å². The lowest BCUT2D eigenvalue weighted by atomic mass is 10.1. The number of aryl methyl sites for hydroxylation is 1. The Morgan fingerprint density at radius 3 is 2.61 bits per heavy atom. The smallest absolute Gasteiger partial charge is 0.258 e. The van der Waals surface area contributed by atoms with Crippen molar-refractivity contribution in [1.82, 2.24) is 14.9 Å². The van der Waals surface area contributed by atoms with Gasteiger partial charge in [0.25, 0.3) is 5.91 Å². The van der Waals surface area contributed by atoms with Crippen LogP contribution in [0.25, 0.3) is 0 Å². The van der Waals surface area contributed by atoms with E-state index in [1.807, 2.05) is 23.1 Å². The Morgan fingerprint density at radius 2 is 1.84 bits per heavy atom. The number of halogens is 1. The van der Waals surface area contributed by atoms with E-state index in [0.29, 0.717) is 36.5 Å². The molecular formula is C24H23ClN4O2. The highest BCUT2D eigenvalue weighted by molar-refractivity contribution is 6.30. The van der Waals surface area contributed by atoms with Crippen LogP contribution in [0.2, 0.25) is 5.02 Å². The van der Waals surface area contributed by atoms with Crippen molar-refractivity contribution in [2.75, 3.05) is 11.9 Å². The number of fused-ring (bicyclic) bond motifs is 1. The number of hydrogen-bond acceptors (Lipinski definition) is 4. The molecule has 0 radical (unpaired) electrons. The summed E-state index contributed by atoms with van der Waals surface area (Å²) < 4.78 is 0. The van der Waals surface area contributed by atoms with Crippen LogP contribution in [0.4, 0.5) is 5.95 Å². The molecule has 3 aromatic rings. The molecule has 1 N–H and O–H groups in total. The summed E-state index contributed by atoms with van der Waals surface area (Å²) in [4.78, 5) is 35.6. The molecule has 158 valence electrons. The highest BCUT2D eigenvalue weighted by atomic mass is 35.5. The molecule has 0 bridgehead atoms. The van der Waals surface area contributed by atoms with Gasteiger partial charge in [-0.3, -0.25) is 14.9 Å². The molecule has 0 aliphatic carbocycles. The summed E-state index contributed by atoms with van der Waals surface area (Å²) in [5.74, 6) is 0.130. The normalized spacial score (nSPS) is 12.9. The fourth-order valence-electron chi connectivity index (χ4n) is 3.61. The summed E-state index contributed by atoms with van der Waals surface area (Å²) >= 11 is 5.86. The largest absolute Gasteiger partial charge is 0.338 e. The monoisotopic (exact) mass is 434 g/mol. The molecule has 0 spiro atoms. The summed E-state index contributed by atoms with van der Waals surface area (Å²) in [5, 5.41) is 3.29. The summed E-state index contributed by atoms with van der Waals surface area (Å²) in [5.41, 5.74) is 3.53. The summed E-state index contributed by atoms with van der Waals surface area (Å²) in [6, 6.07) is 16.8. The van der Waals surface area contributed by atoms with E-state index in [-0.39, 0.29) is 17.8 Å². The zero-order valence-electron chi connectivity index (χ0n) is 17.1. The molecule has 31 heavy (non-hydrogen) atoms. The second kappa shape index (κ2) is 9.71. The number of anilines is 1. The van der Waals surface area contributed by atoms with E-state index < -0.39 is 0 Å². The fourth-order valence-corrected chi connectivity index (χ4v) is 3.74. The maximum Gasteiger partial charge on any atom is 0.258 e. The number of carbonyl (C=O) groups excluding carboxylic acids is 2. The first-order valence-corrected chi connectivity index (χ1v) is 10.7. The van der Waals surface area contributed by atoms with E-state index in [2.05, 4.69) is 27.4 Å². The van der Waals surface area contributed by atoms with Gasteiger partial charge >= 0.3 is 0 Å². The van der Waals surface area contributed by atoms with Crippen LogP contribution in [0.15, 0.2) is 60.8 Å². The van der Waals surface area contributed by atoms with Crippen LogP contribution in [0.1, 0.15) is 40.0 Å². The maximum absolute atomic E-state index is 12.6. The molecule has 1 aromatic heterocycles. The molecule has 0 saturated heterocycles. The quantitative estimate of drug-likeness (QED) is 0.628. The highest BCUT2D eigenvalue weighted by Gasteiger charge is 2.22. The van der Waals surface area contributed by atoms with Crippen molar-refractivity contribution >= 4 is 29.4 Å². The summed E-state index contributed by atoms with van der Waals surface area (Å²) in [7, 11) is 0. The molecule has 2 heterocycles. The van der Waals surface area contributed by atoms with E-state index in [1.165, 1.54) is 5.56 Å². The molecule has 1 aliphatic rings. The third-order valence-electron chi connectivity index (χ3n) is 5.32. The zero-order chi connectivity index (χ0) is 21.6. The molecule has 1 aliphatic heterocycles. The van der Waals surface area contributed by atoms with Crippen molar-refractivity contribution in [3.05, 3.63) is 88.2 Å². The molecule has 0 fully saturated rings. The molecule has 0 atom stereocenters. The average Bonchev–Trinajstić information content (AvgIpc) is 2.79. The zero-order valence-corrected chi connectivity index (χ0v) is 17.8. The number of rotatable bonds is 6. The standard InChI is InChI=1S/C24H23ClN4O2/c25-20-11-9-18(10-12-20)23(31)28-24-26-15-19-16-29(14-13-21(19)27-24)22(30)8-4-7-17-5-2-1-3-6-17/h1-3,5-6,9-12,15H,4,7-8,13-14,16H2,(H,26,27,28,31). The molecule has 2 amide bonds. The van der Waals surface area contributed by atoms with Crippen LogP contribution in [-0.4, -0.2) is 33.2 Å². The molecule has 4 rings (SSSR count). The van der Waals surface area contributed by atoms with Crippen molar-refractivity contribution in [2.45, 2.75) is 32.2 Å². The highest BCUT2D eigenvalue weighted by Crippen LogP contribution is 2.19. The van der Waals surface area contributed by atoms with Gasteiger partial charge < -0.3 is 4.90 Å². The van der Waals surface area contributed by atoms with Gasteiger partial charge in [0, 0.05) is 48.3 Å². The predicted molar refractivity (Wildman–Crippen MR) is 120 cm³/mol. The van der Waals surface area contributed by atoms with E-state index in [0.717, 1.165) is 24.1 Å². The average molecular weight is 435 g/mol. The van der Waals surface area contributed by atoms with Crippen molar-refractivity contribution in [3.63, 3.8) is 0 Å². The second-order valence-electron chi connectivity index (χ2n) is 7.53. The van der Waals surface area contributed by atoms with E-state index in [4.69, 9.17) is 11.6 Å². The van der Waals surface area contributed by atoms with E-state index >= 15 is 0 Å². The van der Waals surface area contributed by atoms with Crippen LogP contribution >= 0.6 is 11.6 Å². The first kappa shape index (κ1) is 21.0. The number of amides is 2. The Balaban J connectivity index is 1.32. The third-order valence-corrected chi connectivity index (χ3v) is 5.57. The lowest BCUT2D eigenvalue weighted by Gasteiger charge is -2.28. The van der Waals surface area contributed by atoms with E-state index in [9.17, 15) is 9.59 Å². The van der Waals surface area contributed by atoms with Gasteiger partial charge in [-0.2, -0.15) is 0 Å². The number of hydrogen-bond donors (Lipinski definition) is 1. The first-order chi connectivity index (χ1) is 15.1. The van der Waals surface area contributed by atoms with E-state index in [1.54, 1.807) is 30.5 Å². The van der Waals surface area contributed by atoms with Gasteiger partial charge in [0.15, 0.2) is 0 Å². The van der Waals surface area contributed by atoms with Gasteiger partial charge in [0.2, 0.25) is 11.9 Å². The Bertz CT molecular complexity index is 1070. The van der Waals surface area contributed by atoms with Gasteiger partial charge in [-0.15, -0.1) is 0 Å². The van der Waals surface area contributed by atoms with Gasteiger partial charge in [-0.05, 0) is 42.7 Å². The van der Waals surface area contributed by atoms with Crippen molar-refractivity contribution in [1.29, 1.82) is 0 Å². The predicted octanol–water partition coefficient (Wildman–Crippen LogP) is 4.29. The van der Waals surface area contributed by atoms with Crippen molar-refractivity contribution < 1.29 is 9.59 Å². The van der Waals surface area contributed by atoms with Crippen LogP contribution in [0, 0.1) is 0 Å². The Hall–Kier alpha value is -3.25. The Kier molecular flexibility index (Phi) is 6.57.